The molecule has 146 valence electrons. The van der Waals surface area contributed by atoms with E-state index in [1.807, 2.05) is 98.3 Å². The van der Waals surface area contributed by atoms with Gasteiger partial charge < -0.3 is 5.32 Å². The molecular formula is C24H24N3O2+. The standard InChI is InChI=1S/C24H23N3O2/c1-17-9-8-11-19(15-17)27-22(28)16-26-14-7-6-13-21(26)24(27,3)23(29)25-20-12-5-4-10-18(20)2/h4-15H,16H2,1-3H3/p+1/t24-/m1/s1. The van der Waals surface area contributed by atoms with E-state index in [4.69, 9.17) is 0 Å². The number of pyridine rings is 1. The Morgan fingerprint density at radius 2 is 1.79 bits per heavy atom. The first-order valence-electron chi connectivity index (χ1n) is 9.67. The maximum Gasteiger partial charge on any atom is 0.294 e. The molecule has 2 aromatic carbocycles. The van der Waals surface area contributed by atoms with E-state index in [2.05, 4.69) is 5.32 Å². The fraction of sp³-hybridized carbons (Fsp3) is 0.208. The van der Waals surface area contributed by atoms with Crippen LogP contribution in [0.3, 0.4) is 0 Å². The summed E-state index contributed by atoms with van der Waals surface area (Å²) in [4.78, 5) is 28.6. The number of para-hydroxylation sites is 1. The Kier molecular flexibility index (Phi) is 4.66. The number of hydrogen-bond donors (Lipinski definition) is 1. The maximum atomic E-state index is 13.7. The first kappa shape index (κ1) is 18.9. The first-order chi connectivity index (χ1) is 13.9. The summed E-state index contributed by atoms with van der Waals surface area (Å²) >= 11 is 0. The second-order valence-corrected chi connectivity index (χ2v) is 7.62. The third-order valence-electron chi connectivity index (χ3n) is 5.54. The molecule has 0 bridgehead atoms. The summed E-state index contributed by atoms with van der Waals surface area (Å²) in [5.41, 5.74) is 3.02. The molecule has 1 atom stereocenters. The minimum atomic E-state index is -1.20. The molecule has 1 aliphatic rings. The number of aromatic nitrogens is 1. The van der Waals surface area contributed by atoms with Gasteiger partial charge in [-0.05, 0) is 50.1 Å². The molecule has 0 aliphatic carbocycles. The normalized spacial score (nSPS) is 18.3. The zero-order valence-electron chi connectivity index (χ0n) is 16.8. The molecule has 0 fully saturated rings. The van der Waals surface area contributed by atoms with Crippen molar-refractivity contribution in [2.24, 2.45) is 0 Å². The molecule has 5 nitrogen and oxygen atoms in total. The molecule has 1 aromatic heterocycles. The summed E-state index contributed by atoms with van der Waals surface area (Å²) in [6.07, 6.45) is 1.85. The molecule has 0 radical (unpaired) electrons. The number of aryl methyl sites for hydroxylation is 2. The number of rotatable bonds is 3. The van der Waals surface area contributed by atoms with Crippen LogP contribution >= 0.6 is 0 Å². The highest BCUT2D eigenvalue weighted by molar-refractivity contribution is 6.08. The van der Waals surface area contributed by atoms with E-state index in [-0.39, 0.29) is 18.4 Å². The lowest BCUT2D eigenvalue weighted by Gasteiger charge is -2.40. The quantitative estimate of drug-likeness (QED) is 0.701. The Labute approximate surface area is 170 Å². The fourth-order valence-corrected chi connectivity index (χ4v) is 3.98. The van der Waals surface area contributed by atoms with Crippen LogP contribution in [0, 0.1) is 13.8 Å². The van der Waals surface area contributed by atoms with Gasteiger partial charge in [0.25, 0.3) is 11.8 Å². The van der Waals surface area contributed by atoms with Gasteiger partial charge in [-0.25, -0.2) is 0 Å². The number of nitrogens with one attached hydrogen (secondary N) is 1. The number of anilines is 2. The number of carbonyl (C=O) groups is 2. The smallest absolute Gasteiger partial charge is 0.294 e. The predicted molar refractivity (Wildman–Crippen MR) is 112 cm³/mol. The molecule has 1 N–H and O–H groups in total. The van der Waals surface area contributed by atoms with Crippen LogP contribution in [0.2, 0.25) is 0 Å². The summed E-state index contributed by atoms with van der Waals surface area (Å²) in [6, 6.07) is 21.0. The van der Waals surface area contributed by atoms with Crippen LogP contribution in [0.5, 0.6) is 0 Å². The van der Waals surface area contributed by atoms with E-state index in [9.17, 15) is 9.59 Å². The van der Waals surface area contributed by atoms with E-state index in [1.54, 1.807) is 4.90 Å². The van der Waals surface area contributed by atoms with E-state index in [0.29, 0.717) is 5.69 Å². The number of carbonyl (C=O) groups excluding carboxylic acids is 2. The van der Waals surface area contributed by atoms with Gasteiger partial charge in [-0.15, -0.1) is 0 Å². The number of nitrogens with zero attached hydrogens (tertiary/aromatic N) is 2. The van der Waals surface area contributed by atoms with Gasteiger partial charge in [0.1, 0.15) is 0 Å². The van der Waals surface area contributed by atoms with Crippen LogP contribution in [0.1, 0.15) is 23.7 Å². The summed E-state index contributed by atoms with van der Waals surface area (Å²) in [7, 11) is 0. The third-order valence-corrected chi connectivity index (χ3v) is 5.54. The van der Waals surface area contributed by atoms with Crippen LogP contribution in [-0.2, 0) is 21.7 Å². The molecule has 0 saturated carbocycles. The van der Waals surface area contributed by atoms with Crippen LogP contribution in [0.4, 0.5) is 11.4 Å². The fourth-order valence-electron chi connectivity index (χ4n) is 3.98. The highest BCUT2D eigenvalue weighted by Gasteiger charge is 2.54. The van der Waals surface area contributed by atoms with Gasteiger partial charge in [-0.2, -0.15) is 4.57 Å². The summed E-state index contributed by atoms with van der Waals surface area (Å²) < 4.78 is 1.85. The summed E-state index contributed by atoms with van der Waals surface area (Å²) in [5, 5.41) is 3.05. The highest BCUT2D eigenvalue weighted by atomic mass is 16.2. The number of benzene rings is 2. The van der Waals surface area contributed by atoms with Crippen LogP contribution in [0.25, 0.3) is 0 Å². The van der Waals surface area contributed by atoms with E-state index < -0.39 is 5.54 Å². The molecule has 5 heteroatoms. The lowest BCUT2D eigenvalue weighted by atomic mass is 9.89. The molecular weight excluding hydrogens is 362 g/mol. The van der Waals surface area contributed by atoms with Gasteiger partial charge in [0.15, 0.2) is 6.20 Å². The van der Waals surface area contributed by atoms with Crippen LogP contribution < -0.4 is 14.8 Å². The van der Waals surface area contributed by atoms with Crippen LogP contribution in [0.15, 0.2) is 72.9 Å². The van der Waals surface area contributed by atoms with E-state index >= 15 is 0 Å². The summed E-state index contributed by atoms with van der Waals surface area (Å²) in [5.74, 6) is -0.372. The Bertz CT molecular complexity index is 1110. The van der Waals surface area contributed by atoms with Crippen molar-refractivity contribution in [2.45, 2.75) is 32.9 Å². The number of amides is 2. The molecule has 2 amide bonds. The molecule has 29 heavy (non-hydrogen) atoms. The SMILES string of the molecule is Cc1cccc(N2C(=O)C[n+]3ccccc3[C@]2(C)C(=O)Nc2ccccc2C)c1. The van der Waals surface area contributed by atoms with Gasteiger partial charge in [-0.1, -0.05) is 36.4 Å². The molecule has 0 saturated heterocycles. The molecule has 3 aromatic rings. The molecule has 0 unspecified atom stereocenters. The Morgan fingerprint density at radius 1 is 1.03 bits per heavy atom. The number of fused-ring (bicyclic) bond motifs is 1. The van der Waals surface area contributed by atoms with Crippen molar-refractivity contribution in [3.8, 4) is 0 Å². The van der Waals surface area contributed by atoms with Crippen molar-refractivity contribution in [3.63, 3.8) is 0 Å². The average Bonchev–Trinajstić information content (AvgIpc) is 2.69. The Hall–Kier alpha value is -3.47. The van der Waals surface area contributed by atoms with Crippen molar-refractivity contribution < 1.29 is 14.2 Å². The topological polar surface area (TPSA) is 53.3 Å². The van der Waals surface area contributed by atoms with Gasteiger partial charge >= 0.3 is 0 Å². The largest absolute Gasteiger partial charge is 0.323 e. The van der Waals surface area contributed by atoms with Crippen molar-refractivity contribution >= 4 is 23.2 Å². The first-order valence-corrected chi connectivity index (χ1v) is 9.67. The second-order valence-electron chi connectivity index (χ2n) is 7.62. The molecule has 1 aliphatic heterocycles. The van der Waals surface area contributed by atoms with E-state index in [0.717, 1.165) is 22.5 Å². The second kappa shape index (κ2) is 7.17. The monoisotopic (exact) mass is 386 g/mol. The average molecular weight is 386 g/mol. The molecule has 0 spiro atoms. The van der Waals surface area contributed by atoms with Gasteiger partial charge in [0.2, 0.25) is 17.8 Å². The summed E-state index contributed by atoms with van der Waals surface area (Å²) in [6.45, 7) is 5.93. The van der Waals surface area contributed by atoms with Gasteiger partial charge in [0.05, 0.1) is 0 Å². The van der Waals surface area contributed by atoms with E-state index in [1.165, 1.54) is 0 Å². The highest BCUT2D eigenvalue weighted by Crippen LogP contribution is 2.36. The van der Waals surface area contributed by atoms with Crippen molar-refractivity contribution in [1.29, 1.82) is 0 Å². The Balaban J connectivity index is 1.87. The lowest BCUT2D eigenvalue weighted by Crippen LogP contribution is -2.67. The minimum Gasteiger partial charge on any atom is -0.323 e. The van der Waals surface area contributed by atoms with Crippen molar-refractivity contribution in [2.75, 3.05) is 10.2 Å². The third kappa shape index (κ3) is 3.18. The van der Waals surface area contributed by atoms with Crippen LogP contribution in [-0.4, -0.2) is 11.8 Å². The molecule has 2 heterocycles. The van der Waals surface area contributed by atoms with Crippen molar-refractivity contribution in [3.05, 3.63) is 89.7 Å². The van der Waals surface area contributed by atoms with Crippen molar-refractivity contribution in [1.82, 2.24) is 0 Å². The maximum absolute atomic E-state index is 13.7. The van der Waals surface area contributed by atoms with Gasteiger partial charge in [0, 0.05) is 23.5 Å². The van der Waals surface area contributed by atoms with Gasteiger partial charge in [-0.3, -0.25) is 14.5 Å². The zero-order valence-corrected chi connectivity index (χ0v) is 16.8. The lowest BCUT2D eigenvalue weighted by molar-refractivity contribution is -0.697. The minimum absolute atomic E-state index is 0.123. The zero-order chi connectivity index (χ0) is 20.6. The Morgan fingerprint density at radius 3 is 2.55 bits per heavy atom. The molecule has 4 rings (SSSR count). The predicted octanol–water partition coefficient (Wildman–Crippen LogP) is 3.49. The number of hydrogen-bond acceptors (Lipinski definition) is 2.